The van der Waals surface area contributed by atoms with Crippen molar-refractivity contribution in [3.05, 3.63) is 63.4 Å². The van der Waals surface area contributed by atoms with Crippen molar-refractivity contribution in [2.24, 2.45) is 0 Å². The van der Waals surface area contributed by atoms with Crippen LogP contribution in [-0.2, 0) is 5.75 Å². The lowest BCUT2D eigenvalue weighted by atomic mass is 10.2. The Hall–Kier alpha value is -1.87. The number of amides is 1. The number of benzene rings is 2. The van der Waals surface area contributed by atoms with Crippen LogP contribution in [0.5, 0.6) is 5.75 Å². The summed E-state index contributed by atoms with van der Waals surface area (Å²) in [5, 5.41) is 11.4. The molecule has 10 heteroatoms. The summed E-state index contributed by atoms with van der Waals surface area (Å²) in [6, 6.07) is 9.49. The topological polar surface area (TPSA) is 64.1 Å². The molecule has 0 atom stereocenters. The Morgan fingerprint density at radius 1 is 1.25 bits per heavy atom. The molecule has 0 aliphatic carbocycles. The van der Waals surface area contributed by atoms with Gasteiger partial charge in [-0.2, -0.15) is 0 Å². The van der Waals surface area contributed by atoms with E-state index >= 15 is 0 Å². The normalized spacial score (nSPS) is 10.7. The number of carbonyl (C=O) groups is 1. The van der Waals surface area contributed by atoms with Crippen LogP contribution in [0.2, 0.25) is 10.0 Å². The first kappa shape index (κ1) is 20.9. The second-order valence-corrected chi connectivity index (χ2v) is 8.42. The number of aromatic nitrogens is 2. The molecule has 28 heavy (non-hydrogen) atoms. The third-order valence-electron chi connectivity index (χ3n) is 3.49. The molecule has 1 amide bonds. The maximum atomic E-state index is 13.7. The van der Waals surface area contributed by atoms with Crippen LogP contribution >= 0.6 is 46.3 Å². The molecule has 0 aliphatic heterocycles. The highest BCUT2D eigenvalue weighted by atomic mass is 35.5. The highest BCUT2D eigenvalue weighted by Gasteiger charge is 2.16. The fraction of sp³-hybridized carbons (Fsp3) is 0.167. The second kappa shape index (κ2) is 9.56. The van der Waals surface area contributed by atoms with Gasteiger partial charge in [0.05, 0.1) is 16.7 Å². The molecule has 0 unspecified atom stereocenters. The SMILES string of the molecule is CCOc1c(Cl)cc(C(=O)Nc2nnc(SCc3ccccc3F)s2)cc1Cl. The first-order valence-corrected chi connectivity index (χ1v) is 10.7. The number of halogens is 3. The average molecular weight is 458 g/mol. The Kier molecular flexibility index (Phi) is 7.12. The van der Waals surface area contributed by atoms with Gasteiger partial charge in [-0.3, -0.25) is 10.1 Å². The Bertz CT molecular complexity index is 977. The van der Waals surface area contributed by atoms with Gasteiger partial charge in [0.25, 0.3) is 5.91 Å². The summed E-state index contributed by atoms with van der Waals surface area (Å²) in [6.45, 7) is 2.22. The van der Waals surface area contributed by atoms with E-state index in [2.05, 4.69) is 15.5 Å². The first-order valence-electron chi connectivity index (χ1n) is 8.10. The van der Waals surface area contributed by atoms with Crippen LogP contribution in [0.4, 0.5) is 9.52 Å². The van der Waals surface area contributed by atoms with Gasteiger partial charge in [0.2, 0.25) is 5.13 Å². The molecule has 3 aromatic rings. The van der Waals surface area contributed by atoms with Gasteiger partial charge in [-0.15, -0.1) is 10.2 Å². The van der Waals surface area contributed by atoms with Crippen molar-refractivity contribution < 1.29 is 13.9 Å². The summed E-state index contributed by atoms with van der Waals surface area (Å²) in [5.41, 5.74) is 0.848. The highest BCUT2D eigenvalue weighted by Crippen LogP contribution is 2.35. The fourth-order valence-corrected chi connectivity index (χ4v) is 4.55. The summed E-state index contributed by atoms with van der Waals surface area (Å²) in [4.78, 5) is 12.4. The maximum Gasteiger partial charge on any atom is 0.257 e. The zero-order chi connectivity index (χ0) is 20.1. The van der Waals surface area contributed by atoms with E-state index in [0.717, 1.165) is 0 Å². The third kappa shape index (κ3) is 5.14. The molecule has 0 aliphatic rings. The second-order valence-electron chi connectivity index (χ2n) is 5.41. The van der Waals surface area contributed by atoms with Crippen molar-refractivity contribution in [2.45, 2.75) is 17.0 Å². The smallest absolute Gasteiger partial charge is 0.257 e. The third-order valence-corrected chi connectivity index (χ3v) is 6.07. The lowest BCUT2D eigenvalue weighted by molar-refractivity contribution is 0.102. The molecule has 0 radical (unpaired) electrons. The average Bonchev–Trinajstić information content (AvgIpc) is 3.11. The van der Waals surface area contributed by atoms with Crippen LogP contribution in [0.3, 0.4) is 0 Å². The van der Waals surface area contributed by atoms with Crippen LogP contribution in [0.15, 0.2) is 40.7 Å². The molecule has 5 nitrogen and oxygen atoms in total. The molecule has 0 spiro atoms. The van der Waals surface area contributed by atoms with E-state index in [-0.39, 0.29) is 21.4 Å². The number of nitrogens with one attached hydrogen (secondary N) is 1. The summed E-state index contributed by atoms with van der Waals surface area (Å²) in [6.07, 6.45) is 0. The van der Waals surface area contributed by atoms with E-state index in [1.54, 1.807) is 18.2 Å². The number of rotatable bonds is 7. The molecule has 2 aromatic carbocycles. The van der Waals surface area contributed by atoms with E-state index in [0.29, 0.717) is 33.1 Å². The van der Waals surface area contributed by atoms with Gasteiger partial charge in [0.1, 0.15) is 5.82 Å². The summed E-state index contributed by atoms with van der Waals surface area (Å²) < 4.78 is 19.6. The molecule has 0 fully saturated rings. The standard InChI is InChI=1S/C18H14Cl2FN3O2S2/c1-2-26-15-12(19)7-11(8-13(15)20)16(25)22-17-23-24-18(28-17)27-9-10-5-3-4-6-14(10)21/h3-8H,2,9H2,1H3,(H,22,23,25). The molecule has 0 saturated heterocycles. The van der Waals surface area contributed by atoms with Gasteiger partial charge in [0, 0.05) is 11.3 Å². The van der Waals surface area contributed by atoms with Crippen LogP contribution in [0.1, 0.15) is 22.8 Å². The van der Waals surface area contributed by atoms with E-state index in [9.17, 15) is 9.18 Å². The van der Waals surface area contributed by atoms with Gasteiger partial charge in [0.15, 0.2) is 10.1 Å². The van der Waals surface area contributed by atoms with Crippen LogP contribution in [-0.4, -0.2) is 22.7 Å². The van der Waals surface area contributed by atoms with Gasteiger partial charge in [-0.25, -0.2) is 4.39 Å². The largest absolute Gasteiger partial charge is 0.491 e. The maximum absolute atomic E-state index is 13.7. The molecule has 146 valence electrons. The Morgan fingerprint density at radius 3 is 2.64 bits per heavy atom. The van der Waals surface area contributed by atoms with Crippen LogP contribution < -0.4 is 10.1 Å². The molecule has 1 N–H and O–H groups in total. The van der Waals surface area contributed by atoms with Crippen molar-refractivity contribution in [3.8, 4) is 5.75 Å². The zero-order valence-corrected chi connectivity index (χ0v) is 17.7. The zero-order valence-electron chi connectivity index (χ0n) is 14.5. The molecular weight excluding hydrogens is 444 g/mol. The van der Waals surface area contributed by atoms with Gasteiger partial charge >= 0.3 is 0 Å². The number of hydrogen-bond donors (Lipinski definition) is 1. The van der Waals surface area contributed by atoms with Gasteiger partial charge in [-0.1, -0.05) is 64.5 Å². The summed E-state index contributed by atoms with van der Waals surface area (Å²) in [5.74, 6) is 0.0652. The molecular formula is C18H14Cl2FN3O2S2. The Morgan fingerprint density at radius 2 is 1.96 bits per heavy atom. The molecule has 3 rings (SSSR count). The van der Waals surface area contributed by atoms with Crippen molar-refractivity contribution in [1.82, 2.24) is 10.2 Å². The van der Waals surface area contributed by atoms with Crippen molar-refractivity contribution in [2.75, 3.05) is 11.9 Å². The van der Waals surface area contributed by atoms with Crippen molar-refractivity contribution in [1.29, 1.82) is 0 Å². The Balaban J connectivity index is 1.65. The number of carbonyl (C=O) groups excluding carboxylic acids is 1. The minimum Gasteiger partial charge on any atom is -0.491 e. The molecule has 1 heterocycles. The fourth-order valence-electron chi connectivity index (χ4n) is 2.22. The Labute approximate surface area is 179 Å². The van der Waals surface area contributed by atoms with Gasteiger partial charge in [-0.05, 0) is 30.7 Å². The number of nitrogens with zero attached hydrogens (tertiary/aromatic N) is 2. The minimum absolute atomic E-state index is 0.248. The molecule has 0 saturated carbocycles. The highest BCUT2D eigenvalue weighted by molar-refractivity contribution is 8.00. The van der Waals surface area contributed by atoms with Crippen molar-refractivity contribution in [3.63, 3.8) is 0 Å². The predicted octanol–water partition coefficient (Wildman–Crippen LogP) is 5.93. The van der Waals surface area contributed by atoms with E-state index in [1.165, 1.54) is 41.3 Å². The monoisotopic (exact) mass is 457 g/mol. The number of hydrogen-bond acceptors (Lipinski definition) is 6. The van der Waals surface area contributed by atoms with Crippen LogP contribution in [0.25, 0.3) is 0 Å². The van der Waals surface area contributed by atoms with Gasteiger partial charge < -0.3 is 4.74 Å². The van der Waals surface area contributed by atoms with E-state index < -0.39 is 5.91 Å². The number of anilines is 1. The van der Waals surface area contributed by atoms with Crippen LogP contribution in [0, 0.1) is 5.82 Å². The lowest BCUT2D eigenvalue weighted by Crippen LogP contribution is -2.12. The summed E-state index contributed by atoms with van der Waals surface area (Å²) >= 11 is 14.8. The predicted molar refractivity (Wildman–Crippen MR) is 111 cm³/mol. The lowest BCUT2D eigenvalue weighted by Gasteiger charge is -2.09. The number of ether oxygens (including phenoxy) is 1. The first-order chi connectivity index (χ1) is 13.5. The van der Waals surface area contributed by atoms with Crippen molar-refractivity contribution >= 4 is 57.3 Å². The quantitative estimate of drug-likeness (QED) is 0.351. The number of thioether (sulfide) groups is 1. The summed E-state index contributed by atoms with van der Waals surface area (Å²) in [7, 11) is 0. The minimum atomic E-state index is -0.423. The molecule has 0 bridgehead atoms. The molecule has 1 aromatic heterocycles. The van der Waals surface area contributed by atoms with E-state index in [1.807, 2.05) is 6.92 Å². The van der Waals surface area contributed by atoms with E-state index in [4.69, 9.17) is 27.9 Å².